The quantitative estimate of drug-likeness (QED) is 0.452. The zero-order chi connectivity index (χ0) is 11.6. The Labute approximate surface area is 102 Å². The van der Waals surface area contributed by atoms with Crippen LogP contribution in [0.5, 0.6) is 0 Å². The lowest BCUT2D eigenvalue weighted by Gasteiger charge is -2.10. The molecule has 0 aromatic rings. The maximum atomic E-state index is 3.43. The fraction of sp³-hybridized carbons (Fsp3) is 0.750. The average Bonchev–Trinajstić information content (AvgIpc) is 2.81. The maximum Gasteiger partial charge on any atom is -0.00884 e. The van der Waals surface area contributed by atoms with E-state index in [1.807, 2.05) is 0 Å². The summed E-state index contributed by atoms with van der Waals surface area (Å²) in [5.41, 5.74) is 1.45. The number of allylic oxidation sites excluding steroid dienone is 4. The summed E-state index contributed by atoms with van der Waals surface area (Å²) in [5, 5.41) is 0. The Hall–Kier alpha value is -0.520. The summed E-state index contributed by atoms with van der Waals surface area (Å²) < 4.78 is 0. The predicted octanol–water partition coefficient (Wildman–Crippen LogP) is 5.45. The molecule has 0 aliphatic heterocycles. The Morgan fingerprint density at radius 2 is 1.81 bits per heavy atom. The first kappa shape index (κ1) is 13.5. The van der Waals surface area contributed by atoms with Crippen molar-refractivity contribution in [2.45, 2.75) is 71.6 Å². The second-order valence-corrected chi connectivity index (χ2v) is 5.05. The molecule has 0 spiro atoms. The van der Waals surface area contributed by atoms with E-state index in [1.165, 1.54) is 56.9 Å². The molecule has 0 saturated carbocycles. The molecular formula is C16H27. The van der Waals surface area contributed by atoms with Crippen molar-refractivity contribution in [2.24, 2.45) is 5.92 Å². The second-order valence-electron chi connectivity index (χ2n) is 5.05. The largest absolute Gasteiger partial charge is 0.0798 e. The molecule has 1 rings (SSSR count). The third-order valence-corrected chi connectivity index (χ3v) is 3.49. The van der Waals surface area contributed by atoms with Crippen molar-refractivity contribution in [3.8, 4) is 0 Å². The van der Waals surface area contributed by atoms with Gasteiger partial charge in [0.2, 0.25) is 0 Å². The molecule has 91 valence electrons. The fourth-order valence-electron chi connectivity index (χ4n) is 2.32. The molecule has 1 atom stereocenters. The molecule has 16 heavy (non-hydrogen) atoms. The van der Waals surface area contributed by atoms with Gasteiger partial charge in [-0.05, 0) is 30.4 Å². The summed E-state index contributed by atoms with van der Waals surface area (Å²) in [7, 11) is 0. The van der Waals surface area contributed by atoms with Gasteiger partial charge in [-0.1, -0.05) is 70.9 Å². The lowest BCUT2D eigenvalue weighted by molar-refractivity contribution is 0.528. The van der Waals surface area contributed by atoms with Crippen LogP contribution in [0.4, 0.5) is 0 Å². The summed E-state index contributed by atoms with van der Waals surface area (Å²) in [5.74, 6) is 0.731. The first-order chi connectivity index (χ1) is 7.84. The van der Waals surface area contributed by atoms with Crippen LogP contribution in [0.15, 0.2) is 17.7 Å². The topological polar surface area (TPSA) is 0 Å². The summed E-state index contributed by atoms with van der Waals surface area (Å²) in [6.45, 7) is 4.62. The van der Waals surface area contributed by atoms with Gasteiger partial charge in [0.05, 0.1) is 0 Å². The molecule has 0 nitrogen and oxygen atoms in total. The van der Waals surface area contributed by atoms with Crippen LogP contribution < -0.4 is 0 Å². The zero-order valence-electron chi connectivity index (χ0n) is 11.1. The van der Waals surface area contributed by atoms with E-state index < -0.39 is 0 Å². The highest BCUT2D eigenvalue weighted by Crippen LogP contribution is 2.23. The lowest BCUT2D eigenvalue weighted by atomic mass is 9.95. The van der Waals surface area contributed by atoms with Gasteiger partial charge in [-0.2, -0.15) is 0 Å². The summed E-state index contributed by atoms with van der Waals surface area (Å²) in [4.78, 5) is 0. The van der Waals surface area contributed by atoms with Crippen LogP contribution in [0.25, 0.3) is 0 Å². The zero-order valence-corrected chi connectivity index (χ0v) is 11.1. The standard InChI is InChI=1S/C16H27/c1-3-4-5-6-7-8-9-12-15(2)16-13-10-11-14-16/h10,13,15H,3-9,11-12H2,1-2H3. The Kier molecular flexibility index (Phi) is 7.29. The Bertz CT molecular complexity index is 222. The molecule has 1 aliphatic carbocycles. The molecule has 0 fully saturated rings. The maximum absolute atomic E-state index is 3.43. The third-order valence-electron chi connectivity index (χ3n) is 3.49. The molecular weight excluding hydrogens is 192 g/mol. The van der Waals surface area contributed by atoms with Gasteiger partial charge in [0.25, 0.3) is 0 Å². The average molecular weight is 219 g/mol. The van der Waals surface area contributed by atoms with Crippen molar-refractivity contribution >= 4 is 0 Å². The van der Waals surface area contributed by atoms with E-state index in [0.29, 0.717) is 0 Å². The molecule has 0 aromatic carbocycles. The summed E-state index contributed by atoms with van der Waals surface area (Å²) in [6, 6.07) is 0. The minimum Gasteiger partial charge on any atom is -0.0798 e. The number of hydrogen-bond acceptors (Lipinski definition) is 0. The van der Waals surface area contributed by atoms with Crippen molar-refractivity contribution in [1.82, 2.24) is 0 Å². The van der Waals surface area contributed by atoms with E-state index >= 15 is 0 Å². The van der Waals surface area contributed by atoms with Crippen molar-refractivity contribution in [3.63, 3.8) is 0 Å². The third kappa shape index (κ3) is 5.53. The van der Waals surface area contributed by atoms with Crippen molar-refractivity contribution in [1.29, 1.82) is 0 Å². The lowest BCUT2D eigenvalue weighted by Crippen LogP contribution is -1.96. The minimum absolute atomic E-state index is 0.731. The van der Waals surface area contributed by atoms with Gasteiger partial charge in [0, 0.05) is 0 Å². The van der Waals surface area contributed by atoms with E-state index in [1.54, 1.807) is 0 Å². The Balaban J connectivity index is 1.92. The molecule has 0 amide bonds. The Morgan fingerprint density at radius 1 is 1.12 bits per heavy atom. The Morgan fingerprint density at radius 3 is 2.44 bits per heavy atom. The van der Waals surface area contributed by atoms with Crippen molar-refractivity contribution in [3.05, 3.63) is 23.8 Å². The highest BCUT2D eigenvalue weighted by Gasteiger charge is 2.08. The minimum atomic E-state index is 0.731. The van der Waals surface area contributed by atoms with Crippen LogP contribution in [0.3, 0.4) is 0 Å². The van der Waals surface area contributed by atoms with Crippen LogP contribution in [0.1, 0.15) is 71.6 Å². The van der Waals surface area contributed by atoms with E-state index in [0.717, 1.165) is 12.3 Å². The van der Waals surface area contributed by atoms with E-state index in [4.69, 9.17) is 0 Å². The summed E-state index contributed by atoms with van der Waals surface area (Å²) >= 11 is 0. The first-order valence-electron chi connectivity index (χ1n) is 7.12. The highest BCUT2D eigenvalue weighted by molar-refractivity contribution is 5.24. The van der Waals surface area contributed by atoms with Gasteiger partial charge >= 0.3 is 0 Å². The second kappa shape index (κ2) is 8.61. The van der Waals surface area contributed by atoms with Crippen LogP contribution in [0, 0.1) is 12.0 Å². The highest BCUT2D eigenvalue weighted by atomic mass is 14.1. The first-order valence-corrected chi connectivity index (χ1v) is 7.12. The van der Waals surface area contributed by atoms with Gasteiger partial charge in [-0.3, -0.25) is 0 Å². The van der Waals surface area contributed by atoms with Gasteiger partial charge < -0.3 is 0 Å². The van der Waals surface area contributed by atoms with Gasteiger partial charge in [0.1, 0.15) is 0 Å². The SMILES string of the molecule is CCCCCCCCCC(C)C1=[C]CC=C1. The van der Waals surface area contributed by atoms with Crippen molar-refractivity contribution in [2.75, 3.05) is 0 Å². The monoisotopic (exact) mass is 219 g/mol. The fourth-order valence-corrected chi connectivity index (χ4v) is 2.32. The smallest absolute Gasteiger partial charge is 0.00884 e. The van der Waals surface area contributed by atoms with Crippen LogP contribution in [-0.2, 0) is 0 Å². The van der Waals surface area contributed by atoms with Crippen LogP contribution >= 0.6 is 0 Å². The van der Waals surface area contributed by atoms with E-state index in [2.05, 4.69) is 32.1 Å². The molecule has 1 aliphatic rings. The predicted molar refractivity (Wildman–Crippen MR) is 72.3 cm³/mol. The molecule has 0 aromatic heterocycles. The van der Waals surface area contributed by atoms with Gasteiger partial charge in [0.15, 0.2) is 0 Å². The van der Waals surface area contributed by atoms with Crippen molar-refractivity contribution < 1.29 is 0 Å². The number of rotatable bonds is 9. The van der Waals surface area contributed by atoms with E-state index in [9.17, 15) is 0 Å². The van der Waals surface area contributed by atoms with E-state index in [-0.39, 0.29) is 0 Å². The number of unbranched alkanes of at least 4 members (excludes halogenated alkanes) is 6. The molecule has 0 heteroatoms. The normalized spacial score (nSPS) is 16.5. The molecule has 0 saturated heterocycles. The van der Waals surface area contributed by atoms with Gasteiger partial charge in [-0.25, -0.2) is 0 Å². The number of hydrogen-bond donors (Lipinski definition) is 0. The summed E-state index contributed by atoms with van der Waals surface area (Å²) in [6.07, 6.45) is 20.2. The molecule has 1 unspecified atom stereocenters. The molecule has 1 radical (unpaired) electrons. The molecule has 0 N–H and O–H groups in total. The van der Waals surface area contributed by atoms with Crippen LogP contribution in [0.2, 0.25) is 0 Å². The van der Waals surface area contributed by atoms with Gasteiger partial charge in [-0.15, -0.1) is 0 Å². The van der Waals surface area contributed by atoms with Crippen LogP contribution in [-0.4, -0.2) is 0 Å². The molecule has 0 bridgehead atoms. The molecule has 0 heterocycles.